The van der Waals surface area contributed by atoms with Gasteiger partial charge < -0.3 is 9.64 Å². The minimum absolute atomic E-state index is 0.164. The maximum atomic E-state index is 12.4. The Morgan fingerprint density at radius 2 is 1.96 bits per heavy atom. The molecule has 1 aromatic carbocycles. The molecule has 1 fully saturated rings. The van der Waals surface area contributed by atoms with Crippen LogP contribution in [0, 0.1) is 0 Å². The molecule has 27 heavy (non-hydrogen) atoms. The van der Waals surface area contributed by atoms with Crippen LogP contribution < -0.4 is 4.74 Å². The molecular formula is C21H21N3O2S. The van der Waals surface area contributed by atoms with E-state index in [0.717, 1.165) is 48.0 Å². The summed E-state index contributed by atoms with van der Waals surface area (Å²) in [6.45, 7) is 2.40. The van der Waals surface area contributed by atoms with Gasteiger partial charge in [0.25, 0.3) is 5.91 Å². The van der Waals surface area contributed by atoms with Gasteiger partial charge in [-0.25, -0.2) is 0 Å². The number of carbonyl (C=O) groups is 1. The highest BCUT2D eigenvalue weighted by Gasteiger charge is 2.27. The molecule has 2 aromatic rings. The Kier molecular flexibility index (Phi) is 5.53. The third kappa shape index (κ3) is 4.39. The number of nitrogens with zero attached hydrogens (tertiary/aromatic N) is 3. The second kappa shape index (κ2) is 8.39. The number of pyridine rings is 1. The normalized spacial score (nSPS) is 18.7. The summed E-state index contributed by atoms with van der Waals surface area (Å²) in [4.78, 5) is 23.6. The van der Waals surface area contributed by atoms with Gasteiger partial charge in [-0.2, -0.15) is 4.99 Å². The molecule has 0 aliphatic carbocycles. The third-order valence-corrected chi connectivity index (χ3v) is 5.60. The maximum absolute atomic E-state index is 12.4. The summed E-state index contributed by atoms with van der Waals surface area (Å²) in [7, 11) is 0. The molecule has 0 N–H and O–H groups in total. The van der Waals surface area contributed by atoms with E-state index in [1.165, 1.54) is 18.2 Å². The zero-order valence-electron chi connectivity index (χ0n) is 15.0. The molecule has 1 aromatic heterocycles. The lowest BCUT2D eigenvalue weighted by Crippen LogP contribution is -2.33. The van der Waals surface area contributed by atoms with Crippen LogP contribution in [0.3, 0.4) is 0 Å². The first-order valence-corrected chi connectivity index (χ1v) is 9.99. The van der Waals surface area contributed by atoms with E-state index in [1.807, 2.05) is 42.5 Å². The van der Waals surface area contributed by atoms with E-state index >= 15 is 0 Å². The Balaban J connectivity index is 1.48. The molecule has 0 bridgehead atoms. The fourth-order valence-electron chi connectivity index (χ4n) is 3.14. The average molecular weight is 379 g/mol. The van der Waals surface area contributed by atoms with Crippen LogP contribution in [-0.2, 0) is 11.4 Å². The van der Waals surface area contributed by atoms with Crippen molar-refractivity contribution in [1.82, 2.24) is 9.88 Å². The van der Waals surface area contributed by atoms with Crippen LogP contribution >= 0.6 is 11.8 Å². The number of carbonyl (C=O) groups excluding carboxylic acids is 1. The molecule has 5 nitrogen and oxygen atoms in total. The van der Waals surface area contributed by atoms with Crippen molar-refractivity contribution < 1.29 is 9.53 Å². The number of ether oxygens (including phenoxy) is 1. The van der Waals surface area contributed by atoms with Crippen molar-refractivity contribution in [3.8, 4) is 5.75 Å². The highest BCUT2D eigenvalue weighted by molar-refractivity contribution is 8.18. The van der Waals surface area contributed by atoms with Crippen molar-refractivity contribution in [2.45, 2.75) is 25.9 Å². The zero-order valence-corrected chi connectivity index (χ0v) is 15.8. The van der Waals surface area contributed by atoms with Gasteiger partial charge in [0.1, 0.15) is 12.4 Å². The number of thioether (sulfide) groups is 1. The van der Waals surface area contributed by atoms with Gasteiger partial charge in [-0.3, -0.25) is 9.78 Å². The van der Waals surface area contributed by atoms with Crippen molar-refractivity contribution >= 4 is 28.9 Å². The molecule has 1 amide bonds. The van der Waals surface area contributed by atoms with Crippen molar-refractivity contribution in [2.75, 3.05) is 13.1 Å². The van der Waals surface area contributed by atoms with Gasteiger partial charge in [0, 0.05) is 36.6 Å². The quantitative estimate of drug-likeness (QED) is 0.748. The number of aliphatic imine (C=N–C) groups is 1. The summed E-state index contributed by atoms with van der Waals surface area (Å²) >= 11 is 1.47. The van der Waals surface area contributed by atoms with Crippen LogP contribution in [0.4, 0.5) is 0 Å². The monoisotopic (exact) mass is 379 g/mol. The number of para-hydroxylation sites is 1. The Morgan fingerprint density at radius 1 is 1.11 bits per heavy atom. The predicted molar refractivity (Wildman–Crippen MR) is 108 cm³/mol. The standard InChI is InChI=1S/C21H21N3O2S/c25-20-19(27-21(23-20)24-11-4-1-5-12-24)13-17-8-2-3-9-18(17)26-15-16-7-6-10-22-14-16/h2-3,6-10,13-14H,1,4-5,11-12,15H2/b19-13-. The number of amidine groups is 1. The third-order valence-electron chi connectivity index (χ3n) is 4.56. The summed E-state index contributed by atoms with van der Waals surface area (Å²) in [5.41, 5.74) is 1.88. The first-order valence-electron chi connectivity index (χ1n) is 9.18. The van der Waals surface area contributed by atoms with Crippen molar-refractivity contribution in [1.29, 1.82) is 0 Å². The summed E-state index contributed by atoms with van der Waals surface area (Å²) in [5.74, 6) is 0.580. The molecule has 6 heteroatoms. The van der Waals surface area contributed by atoms with Crippen LogP contribution in [0.5, 0.6) is 5.75 Å². The minimum Gasteiger partial charge on any atom is -0.488 e. The van der Waals surface area contributed by atoms with Gasteiger partial charge in [-0.1, -0.05) is 24.3 Å². The molecule has 2 aliphatic rings. The number of hydrogen-bond donors (Lipinski definition) is 0. The number of piperidine rings is 1. The summed E-state index contributed by atoms with van der Waals surface area (Å²) in [6.07, 6.45) is 9.00. The number of likely N-dealkylation sites (tertiary alicyclic amines) is 1. The first kappa shape index (κ1) is 17.8. The number of hydrogen-bond acceptors (Lipinski definition) is 5. The van der Waals surface area contributed by atoms with Gasteiger partial charge in [0.05, 0.1) is 4.91 Å². The fraction of sp³-hybridized carbons (Fsp3) is 0.286. The van der Waals surface area contributed by atoms with E-state index in [0.29, 0.717) is 11.5 Å². The van der Waals surface area contributed by atoms with Crippen LogP contribution in [0.1, 0.15) is 30.4 Å². The number of benzene rings is 1. The average Bonchev–Trinajstić information content (AvgIpc) is 3.09. The molecule has 4 rings (SSSR count). The fourth-order valence-corrected chi connectivity index (χ4v) is 4.09. The molecule has 3 heterocycles. The van der Waals surface area contributed by atoms with E-state index < -0.39 is 0 Å². The van der Waals surface area contributed by atoms with Crippen molar-refractivity contribution in [3.63, 3.8) is 0 Å². The molecule has 0 saturated carbocycles. The summed E-state index contributed by atoms with van der Waals surface area (Å²) < 4.78 is 5.96. The predicted octanol–water partition coefficient (Wildman–Crippen LogP) is 4.12. The Bertz CT molecular complexity index is 874. The number of amides is 1. The van der Waals surface area contributed by atoms with Crippen LogP contribution in [0.2, 0.25) is 0 Å². The lowest BCUT2D eigenvalue weighted by Gasteiger charge is -2.27. The Hall–Kier alpha value is -2.60. The van der Waals surface area contributed by atoms with Gasteiger partial charge in [0.2, 0.25) is 0 Å². The van der Waals surface area contributed by atoms with Crippen LogP contribution in [-0.4, -0.2) is 34.0 Å². The highest BCUT2D eigenvalue weighted by Crippen LogP contribution is 2.33. The molecule has 0 radical (unpaired) electrons. The molecule has 0 atom stereocenters. The second-order valence-electron chi connectivity index (χ2n) is 6.55. The van der Waals surface area contributed by atoms with E-state index in [-0.39, 0.29) is 5.91 Å². The zero-order chi connectivity index (χ0) is 18.5. The first-order chi connectivity index (χ1) is 13.3. The Morgan fingerprint density at radius 3 is 2.78 bits per heavy atom. The molecule has 1 saturated heterocycles. The Labute approximate surface area is 163 Å². The van der Waals surface area contributed by atoms with Crippen LogP contribution in [0.25, 0.3) is 6.08 Å². The molecule has 0 unspecified atom stereocenters. The summed E-state index contributed by atoms with van der Waals surface area (Å²) in [6, 6.07) is 11.6. The van der Waals surface area contributed by atoms with E-state index in [9.17, 15) is 4.79 Å². The second-order valence-corrected chi connectivity index (χ2v) is 7.55. The lowest BCUT2D eigenvalue weighted by atomic mass is 10.1. The van der Waals surface area contributed by atoms with Crippen molar-refractivity contribution in [2.24, 2.45) is 4.99 Å². The summed E-state index contributed by atoms with van der Waals surface area (Å²) in [5, 5.41) is 0.833. The van der Waals surface area contributed by atoms with Gasteiger partial charge in [-0.15, -0.1) is 0 Å². The van der Waals surface area contributed by atoms with Gasteiger partial charge in [0.15, 0.2) is 5.17 Å². The molecule has 138 valence electrons. The van der Waals surface area contributed by atoms with E-state index in [2.05, 4.69) is 14.9 Å². The SMILES string of the molecule is O=C1N=C(N2CCCCC2)S/C1=C\c1ccccc1OCc1cccnc1. The largest absolute Gasteiger partial charge is 0.488 e. The number of rotatable bonds is 4. The van der Waals surface area contributed by atoms with Crippen LogP contribution in [0.15, 0.2) is 58.7 Å². The minimum atomic E-state index is -0.164. The highest BCUT2D eigenvalue weighted by atomic mass is 32.2. The number of aromatic nitrogens is 1. The molecular weight excluding hydrogens is 358 g/mol. The lowest BCUT2D eigenvalue weighted by molar-refractivity contribution is -0.113. The van der Waals surface area contributed by atoms with E-state index in [4.69, 9.17) is 4.74 Å². The maximum Gasteiger partial charge on any atom is 0.286 e. The van der Waals surface area contributed by atoms with Gasteiger partial charge in [-0.05, 0) is 49.2 Å². The molecule has 0 spiro atoms. The topological polar surface area (TPSA) is 54.8 Å². The molecule has 2 aliphatic heterocycles. The van der Waals surface area contributed by atoms with Crippen molar-refractivity contribution in [3.05, 3.63) is 64.8 Å². The van der Waals surface area contributed by atoms with E-state index in [1.54, 1.807) is 12.4 Å². The smallest absolute Gasteiger partial charge is 0.286 e. The van der Waals surface area contributed by atoms with Gasteiger partial charge >= 0.3 is 0 Å².